The highest BCUT2D eigenvalue weighted by atomic mass is 19.4. The molecule has 0 bridgehead atoms. The lowest BCUT2D eigenvalue weighted by atomic mass is 9.77. The summed E-state index contributed by atoms with van der Waals surface area (Å²) >= 11 is 0. The monoisotopic (exact) mass is 529 g/mol. The number of nitrogens with zero attached hydrogens (tertiary/aromatic N) is 2. The number of aromatic nitrogens is 1. The molecule has 2 N–H and O–H groups in total. The average molecular weight is 529 g/mol. The van der Waals surface area contributed by atoms with Gasteiger partial charge in [0.1, 0.15) is 18.0 Å². The van der Waals surface area contributed by atoms with E-state index in [4.69, 9.17) is 9.47 Å². The first kappa shape index (κ1) is 26.7. The van der Waals surface area contributed by atoms with Crippen LogP contribution in [0.3, 0.4) is 0 Å². The van der Waals surface area contributed by atoms with Crippen molar-refractivity contribution in [2.24, 2.45) is 5.92 Å². The fourth-order valence-electron chi connectivity index (χ4n) is 4.79. The number of pyridine rings is 1. The van der Waals surface area contributed by atoms with Gasteiger partial charge in [-0.15, -0.1) is 0 Å². The van der Waals surface area contributed by atoms with Crippen LogP contribution in [-0.4, -0.2) is 59.5 Å². The Morgan fingerprint density at radius 1 is 1.30 bits per heavy atom. The second-order valence-electron chi connectivity index (χ2n) is 9.13. The Balaban J connectivity index is 1.70. The minimum atomic E-state index is -4.90. The Morgan fingerprint density at radius 3 is 2.59 bits per heavy atom. The van der Waals surface area contributed by atoms with E-state index in [9.17, 15) is 36.6 Å². The van der Waals surface area contributed by atoms with Crippen LogP contribution in [0.1, 0.15) is 31.7 Å². The Kier molecular flexibility index (Phi) is 6.88. The SMILES string of the molecule is COc1c([C@H]2[C@H](C(=O)Nc3ccnc(N4CC[C@H](O)C4=O)c3)O[C@@](C)(C(F)(F)F)[C@H]2C)ccc(F)c1F. The first-order valence-corrected chi connectivity index (χ1v) is 11.3. The quantitative estimate of drug-likeness (QED) is 0.575. The zero-order valence-corrected chi connectivity index (χ0v) is 20.0. The van der Waals surface area contributed by atoms with Crippen molar-refractivity contribution in [1.29, 1.82) is 0 Å². The summed E-state index contributed by atoms with van der Waals surface area (Å²) < 4.78 is 80.8. The van der Waals surface area contributed by atoms with Crippen molar-refractivity contribution < 1.29 is 46.1 Å². The van der Waals surface area contributed by atoms with Crippen LogP contribution in [0.4, 0.5) is 33.5 Å². The number of aliphatic hydroxyl groups is 1. The predicted molar refractivity (Wildman–Crippen MR) is 120 cm³/mol. The van der Waals surface area contributed by atoms with Crippen molar-refractivity contribution in [2.45, 2.75) is 50.2 Å². The van der Waals surface area contributed by atoms with Crippen LogP contribution in [0.2, 0.25) is 0 Å². The lowest BCUT2D eigenvalue weighted by molar-refractivity contribution is -0.272. The van der Waals surface area contributed by atoms with Gasteiger partial charge < -0.3 is 19.9 Å². The van der Waals surface area contributed by atoms with E-state index in [0.717, 1.165) is 26.2 Å². The summed E-state index contributed by atoms with van der Waals surface area (Å²) in [6.07, 6.45) is -6.38. The number of hydrogen-bond donors (Lipinski definition) is 2. The normalized spacial score (nSPS) is 28.0. The van der Waals surface area contributed by atoms with Crippen molar-refractivity contribution >= 4 is 23.3 Å². The number of carbonyl (C=O) groups is 2. The van der Waals surface area contributed by atoms with Gasteiger partial charge >= 0.3 is 6.18 Å². The van der Waals surface area contributed by atoms with Gasteiger partial charge in [-0.05, 0) is 19.1 Å². The van der Waals surface area contributed by atoms with E-state index < -0.39 is 65.0 Å². The van der Waals surface area contributed by atoms with Gasteiger partial charge in [0.25, 0.3) is 11.8 Å². The van der Waals surface area contributed by atoms with E-state index in [0.29, 0.717) is 0 Å². The molecule has 200 valence electrons. The van der Waals surface area contributed by atoms with E-state index in [1.165, 1.54) is 30.2 Å². The minimum Gasteiger partial charge on any atom is -0.493 e. The zero-order chi connectivity index (χ0) is 27.3. The number of benzene rings is 1. The van der Waals surface area contributed by atoms with E-state index in [-0.39, 0.29) is 30.0 Å². The highest BCUT2D eigenvalue weighted by molar-refractivity contribution is 5.99. The molecule has 2 amide bonds. The van der Waals surface area contributed by atoms with Crippen LogP contribution >= 0.6 is 0 Å². The number of nitrogens with one attached hydrogen (secondary N) is 1. The topological polar surface area (TPSA) is 101 Å². The molecule has 13 heteroatoms. The number of halogens is 5. The van der Waals surface area contributed by atoms with Gasteiger partial charge in [0.2, 0.25) is 5.82 Å². The number of ether oxygens (including phenoxy) is 2. The Morgan fingerprint density at radius 2 is 2.00 bits per heavy atom. The van der Waals surface area contributed by atoms with Gasteiger partial charge in [0.05, 0.1) is 7.11 Å². The molecule has 5 atom stereocenters. The summed E-state index contributed by atoms with van der Waals surface area (Å²) in [6.45, 7) is 2.19. The van der Waals surface area contributed by atoms with E-state index in [1.807, 2.05) is 0 Å². The van der Waals surface area contributed by atoms with Crippen molar-refractivity contribution in [1.82, 2.24) is 4.98 Å². The molecule has 1 aromatic heterocycles. The third-order valence-electron chi connectivity index (χ3n) is 7.04. The first-order valence-electron chi connectivity index (χ1n) is 11.3. The Labute approximate surface area is 208 Å². The van der Waals surface area contributed by atoms with Gasteiger partial charge in [-0.2, -0.15) is 17.6 Å². The molecular weight excluding hydrogens is 505 g/mol. The van der Waals surface area contributed by atoms with E-state index in [1.54, 1.807) is 0 Å². The van der Waals surface area contributed by atoms with Gasteiger partial charge in [0.15, 0.2) is 17.2 Å². The third kappa shape index (κ3) is 4.50. The molecule has 8 nitrogen and oxygen atoms in total. The number of hydrogen-bond acceptors (Lipinski definition) is 6. The summed E-state index contributed by atoms with van der Waals surface area (Å²) in [7, 11) is 1.04. The molecule has 2 aromatic rings. The molecule has 0 aliphatic carbocycles. The van der Waals surface area contributed by atoms with Crippen LogP contribution in [-0.2, 0) is 14.3 Å². The van der Waals surface area contributed by atoms with Crippen LogP contribution in [0.15, 0.2) is 30.5 Å². The minimum absolute atomic E-state index is 0.0945. The molecule has 2 saturated heterocycles. The highest BCUT2D eigenvalue weighted by Crippen LogP contribution is 2.55. The van der Waals surface area contributed by atoms with Gasteiger partial charge in [-0.1, -0.05) is 13.0 Å². The summed E-state index contributed by atoms with van der Waals surface area (Å²) in [5, 5.41) is 12.2. The van der Waals surface area contributed by atoms with Gasteiger partial charge in [-0.25, -0.2) is 9.37 Å². The van der Waals surface area contributed by atoms with Crippen molar-refractivity contribution in [3.63, 3.8) is 0 Å². The lowest BCUT2D eigenvalue weighted by Gasteiger charge is -2.32. The number of amides is 2. The molecule has 4 rings (SSSR count). The molecule has 1 aromatic carbocycles. The zero-order valence-electron chi connectivity index (χ0n) is 20.0. The van der Waals surface area contributed by atoms with E-state index in [2.05, 4.69) is 10.3 Å². The number of anilines is 2. The highest BCUT2D eigenvalue weighted by Gasteiger charge is 2.66. The van der Waals surface area contributed by atoms with Gasteiger partial charge in [-0.3, -0.25) is 14.5 Å². The second-order valence-corrected chi connectivity index (χ2v) is 9.13. The van der Waals surface area contributed by atoms with Crippen LogP contribution < -0.4 is 15.0 Å². The molecule has 0 saturated carbocycles. The maximum atomic E-state index is 14.5. The largest absolute Gasteiger partial charge is 0.493 e. The third-order valence-corrected chi connectivity index (χ3v) is 7.04. The fraction of sp³-hybridized carbons (Fsp3) is 0.458. The Hall–Kier alpha value is -3.32. The average Bonchev–Trinajstić information content (AvgIpc) is 3.32. The molecule has 0 radical (unpaired) electrons. The summed E-state index contributed by atoms with van der Waals surface area (Å²) in [4.78, 5) is 30.7. The van der Waals surface area contributed by atoms with Crippen molar-refractivity contribution in [3.05, 3.63) is 47.7 Å². The van der Waals surface area contributed by atoms with E-state index >= 15 is 0 Å². The standard InChI is InChI=1S/C24H24F5N3O5/c1-11-17(13-4-5-14(25)18(26)19(13)36-3)20(37-23(11,2)24(27,28)29)21(34)31-12-6-8-30-16(10-12)32-9-7-15(33)22(32)35/h4-6,8,10-11,15,17,20,33H,7,9H2,1-3H3,(H,30,31,34)/t11-,15-,17-,20+,23+/m0/s1. The summed E-state index contributed by atoms with van der Waals surface area (Å²) in [6, 6.07) is 4.49. The molecule has 2 fully saturated rings. The fourth-order valence-corrected chi connectivity index (χ4v) is 4.79. The molecular formula is C24H24F5N3O5. The maximum absolute atomic E-state index is 14.5. The molecule has 37 heavy (non-hydrogen) atoms. The van der Waals surface area contributed by atoms with Crippen molar-refractivity contribution in [2.75, 3.05) is 23.9 Å². The molecule has 3 heterocycles. The van der Waals surface area contributed by atoms with Crippen molar-refractivity contribution in [3.8, 4) is 5.75 Å². The lowest BCUT2D eigenvalue weighted by Crippen LogP contribution is -2.47. The van der Waals surface area contributed by atoms with Crippen LogP contribution in [0, 0.1) is 17.6 Å². The number of aliphatic hydroxyl groups excluding tert-OH is 1. The molecule has 2 aliphatic heterocycles. The van der Waals surface area contributed by atoms with Crippen LogP contribution in [0.25, 0.3) is 0 Å². The molecule has 0 unspecified atom stereocenters. The molecule has 2 aliphatic rings. The maximum Gasteiger partial charge on any atom is 0.417 e. The predicted octanol–water partition coefficient (Wildman–Crippen LogP) is 3.54. The first-order chi connectivity index (χ1) is 17.3. The van der Waals surface area contributed by atoms with Crippen LogP contribution in [0.5, 0.6) is 5.75 Å². The summed E-state index contributed by atoms with van der Waals surface area (Å²) in [5.41, 5.74) is -2.86. The van der Waals surface area contributed by atoms with Gasteiger partial charge in [0, 0.05) is 48.3 Å². The number of alkyl halides is 3. The summed E-state index contributed by atoms with van der Waals surface area (Å²) in [5.74, 6) is -7.49. The number of rotatable bonds is 5. The number of methoxy groups -OCH3 is 1. The number of carbonyl (C=O) groups excluding carboxylic acids is 2. The smallest absolute Gasteiger partial charge is 0.417 e. The molecule has 0 spiro atoms. The Bertz CT molecular complexity index is 1230. The second kappa shape index (κ2) is 9.53.